The lowest BCUT2D eigenvalue weighted by atomic mass is 10.1. The molecule has 1 aromatic rings. The minimum Gasteiger partial charge on any atom is -0.480 e. The Morgan fingerprint density at radius 3 is 2.67 bits per heavy atom. The number of rotatable bonds is 4. The predicted octanol–water partition coefficient (Wildman–Crippen LogP) is 2.81. The number of nitrogens with zero attached hydrogens (tertiary/aromatic N) is 1. The highest BCUT2D eigenvalue weighted by Gasteiger charge is 2.25. The lowest BCUT2D eigenvalue weighted by molar-refractivity contribution is -0.145. The summed E-state index contributed by atoms with van der Waals surface area (Å²) in [5, 5.41) is 9.00. The van der Waals surface area contributed by atoms with Crippen molar-refractivity contribution in [3.05, 3.63) is 33.3 Å². The molecule has 1 heterocycles. The molecule has 0 radical (unpaired) electrons. The molecule has 0 spiro atoms. The van der Waals surface area contributed by atoms with Gasteiger partial charge in [-0.15, -0.1) is 0 Å². The zero-order valence-electron chi connectivity index (χ0n) is 11.2. The molecule has 0 bridgehead atoms. The molecular formula is C14H15BrClNO4. The van der Waals surface area contributed by atoms with Gasteiger partial charge in [0.15, 0.2) is 0 Å². The van der Waals surface area contributed by atoms with Gasteiger partial charge in [-0.05, 0) is 31.0 Å². The predicted molar refractivity (Wildman–Crippen MR) is 81.7 cm³/mol. The van der Waals surface area contributed by atoms with Gasteiger partial charge in [-0.3, -0.25) is 4.79 Å². The van der Waals surface area contributed by atoms with E-state index >= 15 is 0 Å². The van der Waals surface area contributed by atoms with Crippen LogP contribution in [0.15, 0.2) is 22.7 Å². The second-order valence-electron chi connectivity index (χ2n) is 4.82. The van der Waals surface area contributed by atoms with Gasteiger partial charge in [0.05, 0.1) is 16.7 Å². The van der Waals surface area contributed by atoms with Crippen molar-refractivity contribution >= 4 is 39.4 Å². The Bertz CT molecular complexity index is 544. The average molecular weight is 377 g/mol. The third-order valence-electron chi connectivity index (χ3n) is 3.33. The summed E-state index contributed by atoms with van der Waals surface area (Å²) >= 11 is 9.39. The number of aliphatic carboxylic acids is 1. The molecule has 5 nitrogen and oxygen atoms in total. The molecule has 1 aromatic carbocycles. The number of carbonyl (C=O) groups is 2. The van der Waals surface area contributed by atoms with Crippen molar-refractivity contribution < 1.29 is 19.4 Å². The van der Waals surface area contributed by atoms with Crippen LogP contribution in [-0.4, -0.2) is 47.7 Å². The highest BCUT2D eigenvalue weighted by molar-refractivity contribution is 9.10. The van der Waals surface area contributed by atoms with Crippen LogP contribution in [0.4, 0.5) is 0 Å². The summed E-state index contributed by atoms with van der Waals surface area (Å²) in [7, 11) is 0. The Hall–Kier alpha value is -1.11. The van der Waals surface area contributed by atoms with E-state index < -0.39 is 5.97 Å². The fraction of sp³-hybridized carbons (Fsp3) is 0.429. The first-order chi connectivity index (χ1) is 9.97. The van der Waals surface area contributed by atoms with Crippen LogP contribution >= 0.6 is 27.5 Å². The fourth-order valence-electron chi connectivity index (χ4n) is 2.25. The number of halogens is 2. The lowest BCUT2D eigenvalue weighted by Gasteiger charge is -2.32. The Kier molecular flexibility index (Phi) is 5.61. The molecule has 1 N–H and O–H groups in total. The molecule has 0 unspecified atom stereocenters. The Morgan fingerprint density at radius 2 is 2.05 bits per heavy atom. The molecule has 1 saturated heterocycles. The Labute approximate surface area is 136 Å². The minimum absolute atomic E-state index is 0.108. The quantitative estimate of drug-likeness (QED) is 0.877. The molecular weight excluding hydrogens is 362 g/mol. The summed E-state index contributed by atoms with van der Waals surface area (Å²) in [4.78, 5) is 24.6. The van der Waals surface area contributed by atoms with Gasteiger partial charge in [-0.1, -0.05) is 27.5 Å². The monoisotopic (exact) mass is 375 g/mol. The first-order valence-corrected chi connectivity index (χ1v) is 7.72. The average Bonchev–Trinajstić information content (AvgIpc) is 2.47. The van der Waals surface area contributed by atoms with Crippen LogP contribution in [-0.2, 0) is 9.53 Å². The van der Waals surface area contributed by atoms with Gasteiger partial charge in [0, 0.05) is 17.6 Å². The maximum atomic E-state index is 12.4. The van der Waals surface area contributed by atoms with Gasteiger partial charge in [-0.2, -0.15) is 0 Å². The molecule has 1 fully saturated rings. The van der Waals surface area contributed by atoms with Crippen molar-refractivity contribution in [2.75, 3.05) is 19.7 Å². The highest BCUT2D eigenvalue weighted by Crippen LogP contribution is 2.24. The maximum Gasteiger partial charge on any atom is 0.329 e. The number of hydrogen-bond donors (Lipinski definition) is 1. The number of ether oxygens (including phenoxy) is 1. The molecule has 21 heavy (non-hydrogen) atoms. The van der Waals surface area contributed by atoms with E-state index in [9.17, 15) is 9.59 Å². The molecule has 0 aliphatic carbocycles. The van der Waals surface area contributed by atoms with Gasteiger partial charge in [0.2, 0.25) is 0 Å². The second-order valence-corrected chi connectivity index (χ2v) is 6.14. The SMILES string of the molecule is O=C(O)COC1CCN(C(=O)c2cc(Br)ccc2Cl)CC1. The van der Waals surface area contributed by atoms with E-state index in [-0.39, 0.29) is 18.6 Å². The van der Waals surface area contributed by atoms with Crippen LogP contribution in [0.1, 0.15) is 23.2 Å². The van der Waals surface area contributed by atoms with E-state index in [0.717, 1.165) is 4.47 Å². The largest absolute Gasteiger partial charge is 0.480 e. The molecule has 1 aliphatic rings. The van der Waals surface area contributed by atoms with Crippen molar-refractivity contribution in [1.82, 2.24) is 4.90 Å². The number of benzene rings is 1. The highest BCUT2D eigenvalue weighted by atomic mass is 79.9. The number of hydrogen-bond acceptors (Lipinski definition) is 3. The summed E-state index contributed by atoms with van der Waals surface area (Å²) in [6, 6.07) is 5.17. The van der Waals surface area contributed by atoms with Crippen LogP contribution in [0, 0.1) is 0 Å². The summed E-state index contributed by atoms with van der Waals surface area (Å²) < 4.78 is 6.05. The van der Waals surface area contributed by atoms with E-state index in [0.29, 0.717) is 36.5 Å². The van der Waals surface area contributed by atoms with Gasteiger partial charge in [0.25, 0.3) is 5.91 Å². The van der Waals surface area contributed by atoms with Crippen LogP contribution in [0.3, 0.4) is 0 Å². The van der Waals surface area contributed by atoms with E-state index in [1.165, 1.54) is 0 Å². The van der Waals surface area contributed by atoms with Crippen molar-refractivity contribution in [2.45, 2.75) is 18.9 Å². The second kappa shape index (κ2) is 7.24. The third kappa shape index (κ3) is 4.43. The van der Waals surface area contributed by atoms with E-state index in [2.05, 4.69) is 15.9 Å². The van der Waals surface area contributed by atoms with Gasteiger partial charge in [0.1, 0.15) is 6.61 Å². The molecule has 114 valence electrons. The molecule has 1 amide bonds. The van der Waals surface area contributed by atoms with Crippen molar-refractivity contribution in [1.29, 1.82) is 0 Å². The van der Waals surface area contributed by atoms with Gasteiger partial charge >= 0.3 is 5.97 Å². The van der Waals surface area contributed by atoms with Crippen molar-refractivity contribution in [3.8, 4) is 0 Å². The number of carbonyl (C=O) groups excluding carboxylic acids is 1. The summed E-state index contributed by atoms with van der Waals surface area (Å²) in [5.41, 5.74) is 0.468. The van der Waals surface area contributed by atoms with E-state index in [1.807, 2.05) is 0 Å². The van der Waals surface area contributed by atoms with Crippen LogP contribution in [0.2, 0.25) is 5.02 Å². The zero-order chi connectivity index (χ0) is 15.4. The zero-order valence-corrected chi connectivity index (χ0v) is 13.6. The van der Waals surface area contributed by atoms with Gasteiger partial charge < -0.3 is 14.7 Å². The van der Waals surface area contributed by atoms with Crippen LogP contribution < -0.4 is 0 Å². The summed E-state index contributed by atoms with van der Waals surface area (Å²) in [5.74, 6) is -1.09. The fourth-order valence-corrected chi connectivity index (χ4v) is 2.81. The molecule has 0 saturated carbocycles. The number of amides is 1. The Balaban J connectivity index is 1.94. The molecule has 0 atom stereocenters. The van der Waals surface area contributed by atoms with Crippen molar-refractivity contribution in [2.24, 2.45) is 0 Å². The van der Waals surface area contributed by atoms with E-state index in [1.54, 1.807) is 23.1 Å². The summed E-state index contributed by atoms with van der Waals surface area (Å²) in [6.45, 7) is 0.772. The molecule has 2 rings (SSSR count). The summed E-state index contributed by atoms with van der Waals surface area (Å²) in [6.07, 6.45) is 1.15. The maximum absolute atomic E-state index is 12.4. The van der Waals surface area contributed by atoms with Crippen LogP contribution in [0.25, 0.3) is 0 Å². The minimum atomic E-state index is -0.977. The number of carboxylic acid groups (broad SMARTS) is 1. The number of likely N-dealkylation sites (tertiary alicyclic amines) is 1. The molecule has 1 aliphatic heterocycles. The smallest absolute Gasteiger partial charge is 0.329 e. The lowest BCUT2D eigenvalue weighted by Crippen LogP contribution is -2.41. The first kappa shape index (κ1) is 16.3. The normalized spacial score (nSPS) is 16.0. The molecule has 0 aromatic heterocycles. The molecule has 7 heteroatoms. The third-order valence-corrected chi connectivity index (χ3v) is 4.15. The van der Waals surface area contributed by atoms with Gasteiger partial charge in [-0.25, -0.2) is 4.79 Å². The van der Waals surface area contributed by atoms with Crippen molar-refractivity contribution in [3.63, 3.8) is 0 Å². The topological polar surface area (TPSA) is 66.8 Å². The Morgan fingerprint density at radius 1 is 1.38 bits per heavy atom. The van der Waals surface area contributed by atoms with E-state index in [4.69, 9.17) is 21.4 Å². The number of piperidine rings is 1. The first-order valence-electron chi connectivity index (χ1n) is 6.55. The van der Waals surface area contributed by atoms with Crippen LogP contribution in [0.5, 0.6) is 0 Å². The standard InChI is InChI=1S/C14H15BrClNO4/c15-9-1-2-12(16)11(7-9)14(20)17-5-3-10(4-6-17)21-8-13(18)19/h1-2,7,10H,3-6,8H2,(H,18,19). The number of carboxylic acids is 1.